The van der Waals surface area contributed by atoms with E-state index in [0.29, 0.717) is 0 Å². The van der Waals surface area contributed by atoms with Crippen LogP contribution in [0.2, 0.25) is 0 Å². The molecule has 2 aromatic rings. The van der Waals surface area contributed by atoms with Gasteiger partial charge in [-0.3, -0.25) is 0 Å². The molecule has 88 valence electrons. The summed E-state index contributed by atoms with van der Waals surface area (Å²) >= 11 is 1.61. The lowest BCUT2D eigenvalue weighted by atomic mass is 10.1. The van der Waals surface area contributed by atoms with Crippen LogP contribution >= 0.6 is 11.3 Å². The van der Waals surface area contributed by atoms with Crippen LogP contribution in [0.3, 0.4) is 0 Å². The number of aromatic nitrogens is 1. The summed E-state index contributed by atoms with van der Waals surface area (Å²) in [5.74, 6) is 0. The van der Waals surface area contributed by atoms with E-state index in [1.54, 1.807) is 11.3 Å². The molecule has 0 unspecified atom stereocenters. The molecule has 4 heteroatoms. The molecule has 0 spiro atoms. The van der Waals surface area contributed by atoms with Crippen molar-refractivity contribution < 1.29 is 0 Å². The Labute approximate surface area is 105 Å². The first-order valence-electron chi connectivity index (χ1n) is 5.87. The fourth-order valence-corrected chi connectivity index (χ4v) is 2.88. The molecule has 2 heterocycles. The second kappa shape index (κ2) is 4.37. The van der Waals surface area contributed by atoms with Crippen molar-refractivity contribution in [3.63, 3.8) is 0 Å². The third-order valence-corrected chi connectivity index (χ3v) is 3.79. The Bertz CT molecular complexity index is 501. The maximum absolute atomic E-state index is 6.14. The van der Waals surface area contributed by atoms with Gasteiger partial charge < -0.3 is 10.6 Å². The zero-order valence-corrected chi connectivity index (χ0v) is 10.4. The highest BCUT2D eigenvalue weighted by Gasteiger charge is 2.15. The van der Waals surface area contributed by atoms with Gasteiger partial charge in [0.05, 0.1) is 22.6 Å². The van der Waals surface area contributed by atoms with E-state index in [1.807, 2.05) is 17.0 Å². The van der Waals surface area contributed by atoms with Gasteiger partial charge >= 0.3 is 0 Å². The molecule has 0 aliphatic carbocycles. The fraction of sp³-hybridized carbons (Fsp3) is 0.308. The molecule has 0 bridgehead atoms. The standard InChI is InChI=1S/C13H15N3S/c14-11-7-10(12-8-17-9-15-12)3-4-13(11)16-5-1-2-6-16/h3-4,7-9H,1-2,5-6,14H2. The Morgan fingerprint density at radius 3 is 2.71 bits per heavy atom. The molecule has 1 aromatic heterocycles. The van der Waals surface area contributed by atoms with Gasteiger partial charge in [0.2, 0.25) is 0 Å². The Morgan fingerprint density at radius 2 is 2.06 bits per heavy atom. The second-order valence-electron chi connectivity index (χ2n) is 4.34. The number of rotatable bonds is 2. The Hall–Kier alpha value is -1.55. The molecule has 0 radical (unpaired) electrons. The lowest BCUT2D eigenvalue weighted by Crippen LogP contribution is -2.18. The maximum Gasteiger partial charge on any atom is 0.0811 e. The number of nitrogens with two attached hydrogens (primary N) is 1. The average molecular weight is 245 g/mol. The van der Waals surface area contributed by atoms with E-state index in [1.165, 1.54) is 18.5 Å². The minimum Gasteiger partial charge on any atom is -0.397 e. The molecule has 1 saturated heterocycles. The van der Waals surface area contributed by atoms with Crippen molar-refractivity contribution in [2.45, 2.75) is 12.8 Å². The SMILES string of the molecule is Nc1cc(-c2cscn2)ccc1N1CCCC1. The van der Waals surface area contributed by atoms with E-state index in [2.05, 4.69) is 22.0 Å². The lowest BCUT2D eigenvalue weighted by Gasteiger charge is -2.20. The summed E-state index contributed by atoms with van der Waals surface area (Å²) in [5, 5.41) is 2.05. The first-order valence-corrected chi connectivity index (χ1v) is 6.82. The van der Waals surface area contributed by atoms with Crippen LogP contribution in [0.25, 0.3) is 11.3 Å². The number of nitrogens with zero attached hydrogens (tertiary/aromatic N) is 2. The van der Waals surface area contributed by atoms with Crippen LogP contribution in [0.4, 0.5) is 11.4 Å². The molecule has 0 atom stereocenters. The van der Waals surface area contributed by atoms with Crippen LogP contribution in [0.1, 0.15) is 12.8 Å². The number of hydrogen-bond donors (Lipinski definition) is 1. The largest absolute Gasteiger partial charge is 0.397 e. The van der Waals surface area contributed by atoms with Crippen LogP contribution in [-0.2, 0) is 0 Å². The Kier molecular flexibility index (Phi) is 2.73. The molecule has 1 fully saturated rings. The van der Waals surface area contributed by atoms with Crippen molar-refractivity contribution in [1.29, 1.82) is 0 Å². The number of thiazole rings is 1. The fourth-order valence-electron chi connectivity index (χ4n) is 2.31. The van der Waals surface area contributed by atoms with E-state index < -0.39 is 0 Å². The second-order valence-corrected chi connectivity index (χ2v) is 5.06. The van der Waals surface area contributed by atoms with E-state index in [4.69, 9.17) is 5.73 Å². The summed E-state index contributed by atoms with van der Waals surface area (Å²) in [5.41, 5.74) is 12.1. The first kappa shape index (κ1) is 10.6. The third kappa shape index (κ3) is 2.00. The molecule has 2 N–H and O–H groups in total. The van der Waals surface area contributed by atoms with Crippen molar-refractivity contribution in [3.8, 4) is 11.3 Å². The van der Waals surface area contributed by atoms with Gasteiger partial charge in [-0.1, -0.05) is 6.07 Å². The molecule has 1 aromatic carbocycles. The number of anilines is 2. The van der Waals surface area contributed by atoms with Crippen molar-refractivity contribution in [2.24, 2.45) is 0 Å². The summed E-state index contributed by atoms with van der Waals surface area (Å²) in [6.45, 7) is 2.25. The summed E-state index contributed by atoms with van der Waals surface area (Å²) in [6, 6.07) is 6.26. The molecule has 0 saturated carbocycles. The summed E-state index contributed by atoms with van der Waals surface area (Å²) in [4.78, 5) is 6.67. The smallest absolute Gasteiger partial charge is 0.0811 e. The molecular weight excluding hydrogens is 230 g/mol. The van der Waals surface area contributed by atoms with Gasteiger partial charge in [0, 0.05) is 24.0 Å². The van der Waals surface area contributed by atoms with E-state index in [9.17, 15) is 0 Å². The van der Waals surface area contributed by atoms with Gasteiger partial charge in [-0.05, 0) is 25.0 Å². The Morgan fingerprint density at radius 1 is 1.24 bits per heavy atom. The van der Waals surface area contributed by atoms with Crippen LogP contribution < -0.4 is 10.6 Å². The first-order chi connectivity index (χ1) is 8.34. The van der Waals surface area contributed by atoms with Gasteiger partial charge in [-0.2, -0.15) is 0 Å². The highest BCUT2D eigenvalue weighted by atomic mass is 32.1. The predicted molar refractivity (Wildman–Crippen MR) is 73.4 cm³/mol. The zero-order chi connectivity index (χ0) is 11.7. The highest BCUT2D eigenvalue weighted by molar-refractivity contribution is 7.07. The summed E-state index contributed by atoms with van der Waals surface area (Å²) in [7, 11) is 0. The van der Waals surface area contributed by atoms with Gasteiger partial charge in [0.25, 0.3) is 0 Å². The van der Waals surface area contributed by atoms with Crippen LogP contribution in [0.15, 0.2) is 29.1 Å². The molecule has 0 amide bonds. The maximum atomic E-state index is 6.14. The topological polar surface area (TPSA) is 42.1 Å². The normalized spacial score (nSPS) is 15.4. The van der Waals surface area contributed by atoms with Crippen molar-refractivity contribution in [1.82, 2.24) is 4.98 Å². The summed E-state index contributed by atoms with van der Waals surface area (Å²) in [6.07, 6.45) is 2.54. The third-order valence-electron chi connectivity index (χ3n) is 3.20. The molecule has 1 aliphatic rings. The number of benzene rings is 1. The van der Waals surface area contributed by atoms with Crippen molar-refractivity contribution >= 4 is 22.7 Å². The molecule has 1 aliphatic heterocycles. The molecule has 3 nitrogen and oxygen atoms in total. The van der Waals surface area contributed by atoms with Gasteiger partial charge in [-0.15, -0.1) is 11.3 Å². The van der Waals surface area contributed by atoms with E-state index >= 15 is 0 Å². The average Bonchev–Trinajstić information content (AvgIpc) is 3.02. The molecule has 17 heavy (non-hydrogen) atoms. The number of hydrogen-bond acceptors (Lipinski definition) is 4. The minimum absolute atomic E-state index is 0.859. The van der Waals surface area contributed by atoms with Gasteiger partial charge in [-0.25, -0.2) is 4.98 Å². The van der Waals surface area contributed by atoms with E-state index in [0.717, 1.165) is 30.0 Å². The zero-order valence-electron chi connectivity index (χ0n) is 9.60. The van der Waals surface area contributed by atoms with Crippen molar-refractivity contribution in [3.05, 3.63) is 29.1 Å². The monoisotopic (exact) mass is 245 g/mol. The van der Waals surface area contributed by atoms with E-state index in [-0.39, 0.29) is 0 Å². The predicted octanol–water partition coefficient (Wildman–Crippen LogP) is 2.99. The van der Waals surface area contributed by atoms with Gasteiger partial charge in [0.15, 0.2) is 0 Å². The molecular formula is C13H15N3S. The Balaban J connectivity index is 1.94. The number of nitrogen functional groups attached to an aromatic ring is 1. The van der Waals surface area contributed by atoms with Gasteiger partial charge in [0.1, 0.15) is 0 Å². The van der Waals surface area contributed by atoms with Crippen molar-refractivity contribution in [2.75, 3.05) is 23.7 Å². The highest BCUT2D eigenvalue weighted by Crippen LogP contribution is 2.31. The van der Waals surface area contributed by atoms with Crippen LogP contribution in [-0.4, -0.2) is 18.1 Å². The van der Waals surface area contributed by atoms with Crippen LogP contribution in [0.5, 0.6) is 0 Å². The van der Waals surface area contributed by atoms with Crippen LogP contribution in [0, 0.1) is 0 Å². The summed E-state index contributed by atoms with van der Waals surface area (Å²) < 4.78 is 0. The minimum atomic E-state index is 0.859. The molecule has 3 rings (SSSR count). The lowest BCUT2D eigenvalue weighted by molar-refractivity contribution is 0.949. The quantitative estimate of drug-likeness (QED) is 0.827.